The number of aromatic nitrogens is 1. The third-order valence-corrected chi connectivity index (χ3v) is 5.36. The molecule has 0 bridgehead atoms. The first-order chi connectivity index (χ1) is 13.0. The van der Waals surface area contributed by atoms with Crippen molar-refractivity contribution < 1.29 is 9.21 Å². The van der Waals surface area contributed by atoms with Gasteiger partial charge >= 0.3 is 0 Å². The van der Waals surface area contributed by atoms with Gasteiger partial charge in [0.1, 0.15) is 5.52 Å². The Labute approximate surface area is 173 Å². The molecule has 0 unspecified atom stereocenters. The first kappa shape index (κ1) is 18.0. The lowest BCUT2D eigenvalue weighted by Crippen LogP contribution is -2.11. The van der Waals surface area contributed by atoms with Crippen molar-refractivity contribution >= 4 is 61.8 Å². The maximum absolute atomic E-state index is 12.4. The second-order valence-corrected chi connectivity index (χ2v) is 7.43. The predicted molar refractivity (Wildman–Crippen MR) is 112 cm³/mol. The molecule has 0 radical (unpaired) electrons. The van der Waals surface area contributed by atoms with E-state index in [0.29, 0.717) is 38.3 Å². The van der Waals surface area contributed by atoms with Gasteiger partial charge in [0.25, 0.3) is 5.91 Å². The molecule has 0 aliphatic heterocycles. The Hall–Kier alpha value is -2.34. The van der Waals surface area contributed by atoms with Gasteiger partial charge in [-0.3, -0.25) is 4.79 Å². The third kappa shape index (κ3) is 3.72. The molecule has 1 aromatic heterocycles. The Morgan fingerprint density at radius 1 is 1.00 bits per heavy atom. The molecule has 1 N–H and O–H groups in total. The van der Waals surface area contributed by atoms with Crippen molar-refractivity contribution in [3.63, 3.8) is 0 Å². The molecule has 4 aromatic rings. The van der Waals surface area contributed by atoms with Crippen LogP contribution in [0, 0.1) is 0 Å². The van der Waals surface area contributed by atoms with E-state index in [9.17, 15) is 4.79 Å². The van der Waals surface area contributed by atoms with E-state index in [-0.39, 0.29) is 5.91 Å². The third-order valence-electron chi connectivity index (χ3n) is 3.93. The van der Waals surface area contributed by atoms with E-state index in [2.05, 4.69) is 26.2 Å². The van der Waals surface area contributed by atoms with Crippen LogP contribution in [0.25, 0.3) is 22.6 Å². The van der Waals surface area contributed by atoms with Crippen molar-refractivity contribution in [3.05, 3.63) is 80.7 Å². The van der Waals surface area contributed by atoms with Gasteiger partial charge in [-0.15, -0.1) is 0 Å². The number of benzene rings is 3. The maximum atomic E-state index is 12.4. The first-order valence-corrected chi connectivity index (χ1v) is 9.48. The van der Waals surface area contributed by atoms with Crippen LogP contribution in [-0.2, 0) is 0 Å². The molecule has 1 heterocycles. The van der Waals surface area contributed by atoms with Crippen LogP contribution in [0.5, 0.6) is 0 Å². The summed E-state index contributed by atoms with van der Waals surface area (Å²) >= 11 is 15.4. The normalized spacial score (nSPS) is 10.9. The monoisotopic (exact) mass is 460 g/mol. The van der Waals surface area contributed by atoms with E-state index in [1.165, 1.54) is 6.07 Å². The van der Waals surface area contributed by atoms with E-state index >= 15 is 0 Å². The van der Waals surface area contributed by atoms with E-state index in [0.717, 1.165) is 10.0 Å². The van der Waals surface area contributed by atoms with E-state index < -0.39 is 0 Å². The highest BCUT2D eigenvalue weighted by molar-refractivity contribution is 9.10. The van der Waals surface area contributed by atoms with Crippen molar-refractivity contribution in [1.29, 1.82) is 0 Å². The number of rotatable bonds is 3. The highest BCUT2D eigenvalue weighted by atomic mass is 79.9. The summed E-state index contributed by atoms with van der Waals surface area (Å²) in [6.45, 7) is 0. The Kier molecular flexibility index (Phi) is 4.91. The summed E-state index contributed by atoms with van der Waals surface area (Å²) in [5, 5.41) is 3.55. The number of nitrogens with zero attached hydrogens (tertiary/aromatic N) is 1. The molecule has 0 aliphatic carbocycles. The first-order valence-electron chi connectivity index (χ1n) is 7.93. The van der Waals surface area contributed by atoms with Gasteiger partial charge in [0.2, 0.25) is 5.89 Å². The van der Waals surface area contributed by atoms with Crippen LogP contribution in [0.2, 0.25) is 10.0 Å². The van der Waals surface area contributed by atoms with E-state index in [1.807, 2.05) is 24.3 Å². The fraction of sp³-hybridized carbons (Fsp3) is 0. The molecule has 0 atom stereocenters. The van der Waals surface area contributed by atoms with Crippen LogP contribution < -0.4 is 5.32 Å². The molecular formula is C20H11BrCl2N2O2. The van der Waals surface area contributed by atoms with Gasteiger partial charge < -0.3 is 9.73 Å². The quantitative estimate of drug-likeness (QED) is 0.364. The summed E-state index contributed by atoms with van der Waals surface area (Å²) < 4.78 is 6.72. The van der Waals surface area contributed by atoms with Crippen molar-refractivity contribution in [2.75, 3.05) is 5.32 Å². The minimum atomic E-state index is -0.289. The van der Waals surface area contributed by atoms with Gasteiger partial charge in [-0.1, -0.05) is 35.3 Å². The molecule has 0 aliphatic rings. The molecule has 27 heavy (non-hydrogen) atoms. The van der Waals surface area contributed by atoms with Gasteiger partial charge in [-0.05, 0) is 64.5 Å². The maximum Gasteiger partial charge on any atom is 0.255 e. The zero-order valence-corrected chi connectivity index (χ0v) is 16.8. The zero-order chi connectivity index (χ0) is 19.0. The van der Waals surface area contributed by atoms with Crippen LogP contribution in [0.15, 0.2) is 69.6 Å². The van der Waals surface area contributed by atoms with Gasteiger partial charge in [0.15, 0.2) is 5.58 Å². The lowest BCUT2D eigenvalue weighted by atomic mass is 10.2. The summed E-state index contributed by atoms with van der Waals surface area (Å²) in [5.74, 6) is 0.216. The second-order valence-electron chi connectivity index (χ2n) is 5.76. The smallest absolute Gasteiger partial charge is 0.255 e. The number of anilines is 1. The van der Waals surface area contributed by atoms with Crippen molar-refractivity contribution in [1.82, 2.24) is 4.98 Å². The lowest BCUT2D eigenvalue weighted by Gasteiger charge is -2.06. The average Bonchev–Trinajstić information content (AvgIpc) is 3.07. The molecule has 3 aromatic carbocycles. The molecule has 1 amide bonds. The van der Waals surface area contributed by atoms with Crippen molar-refractivity contribution in [2.24, 2.45) is 0 Å². The Morgan fingerprint density at radius 2 is 1.81 bits per heavy atom. The molecule has 0 saturated heterocycles. The number of carbonyl (C=O) groups excluding carboxylic acids is 1. The number of nitrogens with one attached hydrogen (secondary N) is 1. The summed E-state index contributed by atoms with van der Waals surface area (Å²) in [5.41, 5.74) is 3.15. The summed E-state index contributed by atoms with van der Waals surface area (Å²) in [4.78, 5) is 16.9. The highest BCUT2D eigenvalue weighted by Crippen LogP contribution is 2.31. The fourth-order valence-corrected chi connectivity index (χ4v) is 3.35. The molecule has 4 nitrogen and oxygen atoms in total. The summed E-state index contributed by atoms with van der Waals surface area (Å²) in [7, 11) is 0. The van der Waals surface area contributed by atoms with Crippen LogP contribution in [0.4, 0.5) is 5.69 Å². The van der Waals surface area contributed by atoms with Gasteiger partial charge in [0.05, 0.1) is 15.6 Å². The SMILES string of the molecule is O=C(Nc1ccc2oc(-c3ccccc3Br)nc2c1)c1ccc(Cl)c(Cl)c1. The van der Waals surface area contributed by atoms with Crippen LogP contribution >= 0.6 is 39.1 Å². The molecular weight excluding hydrogens is 451 g/mol. The summed E-state index contributed by atoms with van der Waals surface area (Å²) in [6.07, 6.45) is 0. The highest BCUT2D eigenvalue weighted by Gasteiger charge is 2.13. The molecule has 0 fully saturated rings. The minimum absolute atomic E-state index is 0.289. The van der Waals surface area contributed by atoms with E-state index in [1.54, 1.807) is 30.3 Å². The van der Waals surface area contributed by atoms with Gasteiger partial charge in [0, 0.05) is 15.7 Å². The number of hydrogen-bond donors (Lipinski definition) is 1. The van der Waals surface area contributed by atoms with Gasteiger partial charge in [-0.2, -0.15) is 0 Å². The molecule has 7 heteroatoms. The van der Waals surface area contributed by atoms with Gasteiger partial charge in [-0.25, -0.2) is 4.98 Å². The standard InChI is InChI=1S/C20H11BrCl2N2O2/c21-14-4-2-1-3-13(14)20-25-17-10-12(6-8-18(17)27-20)24-19(26)11-5-7-15(22)16(23)9-11/h1-10H,(H,24,26). The minimum Gasteiger partial charge on any atom is -0.436 e. The number of oxazole rings is 1. The van der Waals surface area contributed by atoms with Crippen molar-refractivity contribution in [2.45, 2.75) is 0 Å². The lowest BCUT2D eigenvalue weighted by molar-refractivity contribution is 0.102. The number of fused-ring (bicyclic) bond motifs is 1. The van der Waals surface area contributed by atoms with Crippen molar-refractivity contribution in [3.8, 4) is 11.5 Å². The zero-order valence-electron chi connectivity index (χ0n) is 13.7. The molecule has 0 spiro atoms. The topological polar surface area (TPSA) is 55.1 Å². The van der Waals surface area contributed by atoms with E-state index in [4.69, 9.17) is 27.6 Å². The average molecular weight is 462 g/mol. The predicted octanol–water partition coefficient (Wildman–Crippen LogP) is 6.82. The molecule has 0 saturated carbocycles. The largest absolute Gasteiger partial charge is 0.436 e. The number of carbonyl (C=O) groups is 1. The Bertz CT molecular complexity index is 1170. The Balaban J connectivity index is 1.62. The van der Waals surface area contributed by atoms with Crippen LogP contribution in [0.1, 0.15) is 10.4 Å². The number of amides is 1. The fourth-order valence-electron chi connectivity index (χ4n) is 2.60. The summed E-state index contributed by atoms with van der Waals surface area (Å²) in [6, 6.07) is 17.7. The second kappa shape index (κ2) is 7.35. The van der Waals surface area contributed by atoms with Crippen LogP contribution in [0.3, 0.4) is 0 Å². The number of hydrogen-bond acceptors (Lipinski definition) is 3. The molecule has 134 valence electrons. The number of halogens is 3. The molecule has 4 rings (SSSR count). The Morgan fingerprint density at radius 3 is 2.59 bits per heavy atom. The van der Waals surface area contributed by atoms with Crippen LogP contribution in [-0.4, -0.2) is 10.9 Å².